The SMILES string of the molecule is C[C@@H](O)C(=O)N1CCC(c2nc3c(-c4cnc(-c5ccccc5)s4)cnn3c(N)c2Br)CC1. The number of aliphatic hydroxyl groups is 1. The van der Waals surface area contributed by atoms with E-state index in [1.165, 1.54) is 6.92 Å². The van der Waals surface area contributed by atoms with E-state index in [0.29, 0.717) is 24.6 Å². The minimum atomic E-state index is -0.979. The molecule has 0 saturated carbocycles. The van der Waals surface area contributed by atoms with Crippen LogP contribution in [0.2, 0.25) is 0 Å². The van der Waals surface area contributed by atoms with Gasteiger partial charge < -0.3 is 15.7 Å². The number of hydrogen-bond acceptors (Lipinski definition) is 7. The summed E-state index contributed by atoms with van der Waals surface area (Å²) in [7, 11) is 0. The highest BCUT2D eigenvalue weighted by Crippen LogP contribution is 2.39. The number of rotatable bonds is 4. The molecule has 1 amide bonds. The summed E-state index contributed by atoms with van der Waals surface area (Å²) in [6.07, 6.45) is 4.15. The Hall–Kier alpha value is -2.82. The second kappa shape index (κ2) is 8.85. The van der Waals surface area contributed by atoms with Crippen molar-refractivity contribution in [2.24, 2.45) is 0 Å². The van der Waals surface area contributed by atoms with Crippen LogP contribution < -0.4 is 5.73 Å². The molecule has 4 heterocycles. The van der Waals surface area contributed by atoms with Crippen molar-refractivity contribution in [3.63, 3.8) is 0 Å². The molecule has 1 atom stereocenters. The van der Waals surface area contributed by atoms with Crippen molar-refractivity contribution in [2.45, 2.75) is 31.8 Å². The first-order valence-electron chi connectivity index (χ1n) is 10.7. The third-order valence-corrected chi connectivity index (χ3v) is 7.88. The van der Waals surface area contributed by atoms with Crippen molar-refractivity contribution < 1.29 is 9.90 Å². The first-order chi connectivity index (χ1) is 15.9. The number of nitrogens with two attached hydrogens (primary N) is 1. The second-order valence-corrected chi connectivity index (χ2v) is 9.98. The Morgan fingerprint density at radius 2 is 1.97 bits per heavy atom. The predicted molar refractivity (Wildman–Crippen MR) is 132 cm³/mol. The molecule has 5 rings (SSSR count). The number of likely N-dealkylation sites (tertiary alicyclic amines) is 1. The van der Waals surface area contributed by atoms with E-state index in [4.69, 9.17) is 10.7 Å². The van der Waals surface area contributed by atoms with E-state index < -0.39 is 6.10 Å². The van der Waals surface area contributed by atoms with Crippen LogP contribution in [0.1, 0.15) is 31.4 Å². The number of piperidine rings is 1. The molecule has 8 nitrogen and oxygen atoms in total. The van der Waals surface area contributed by atoms with Gasteiger partial charge in [0.2, 0.25) is 0 Å². The van der Waals surface area contributed by atoms with Crippen molar-refractivity contribution in [3.05, 3.63) is 52.9 Å². The molecule has 1 aliphatic rings. The Labute approximate surface area is 203 Å². The van der Waals surface area contributed by atoms with Crippen LogP contribution in [-0.4, -0.2) is 54.7 Å². The number of carbonyl (C=O) groups excluding carboxylic acids is 1. The Morgan fingerprint density at radius 3 is 2.67 bits per heavy atom. The van der Waals surface area contributed by atoms with Crippen LogP contribution in [0.5, 0.6) is 0 Å². The van der Waals surface area contributed by atoms with E-state index in [9.17, 15) is 9.90 Å². The number of fused-ring (bicyclic) bond motifs is 1. The molecular weight excluding hydrogens is 504 g/mol. The van der Waals surface area contributed by atoms with Crippen LogP contribution in [0, 0.1) is 0 Å². The molecule has 3 aromatic heterocycles. The van der Waals surface area contributed by atoms with Gasteiger partial charge in [-0.05, 0) is 35.7 Å². The van der Waals surface area contributed by atoms with Crippen molar-refractivity contribution in [1.82, 2.24) is 24.5 Å². The van der Waals surface area contributed by atoms with Crippen LogP contribution in [0.3, 0.4) is 0 Å². The summed E-state index contributed by atoms with van der Waals surface area (Å²) in [5.41, 5.74) is 9.95. The van der Waals surface area contributed by atoms with Crippen LogP contribution in [0.25, 0.3) is 26.7 Å². The molecule has 4 aromatic rings. The molecule has 3 N–H and O–H groups in total. The number of aliphatic hydroxyl groups excluding tert-OH is 1. The Kier molecular flexibility index (Phi) is 5.90. The van der Waals surface area contributed by atoms with Gasteiger partial charge in [0.25, 0.3) is 5.91 Å². The number of thiazole rings is 1. The maximum Gasteiger partial charge on any atom is 0.251 e. The van der Waals surface area contributed by atoms with Gasteiger partial charge in [0, 0.05) is 30.8 Å². The summed E-state index contributed by atoms with van der Waals surface area (Å²) in [5.74, 6) is 0.415. The summed E-state index contributed by atoms with van der Waals surface area (Å²) < 4.78 is 2.39. The summed E-state index contributed by atoms with van der Waals surface area (Å²) in [6.45, 7) is 2.66. The number of nitrogen functional groups attached to an aromatic ring is 1. The quantitative estimate of drug-likeness (QED) is 0.416. The molecule has 1 aliphatic heterocycles. The van der Waals surface area contributed by atoms with E-state index in [1.807, 2.05) is 36.5 Å². The predicted octanol–water partition coefficient (Wildman–Crippen LogP) is 3.95. The average molecular weight is 527 g/mol. The Balaban J connectivity index is 1.48. The van der Waals surface area contributed by atoms with Crippen molar-refractivity contribution in [2.75, 3.05) is 18.8 Å². The number of benzene rings is 1. The lowest BCUT2D eigenvalue weighted by molar-refractivity contribution is -0.140. The molecule has 33 heavy (non-hydrogen) atoms. The number of carbonyl (C=O) groups is 1. The number of halogens is 1. The Bertz CT molecular complexity index is 1310. The highest BCUT2D eigenvalue weighted by atomic mass is 79.9. The maximum absolute atomic E-state index is 12.1. The minimum absolute atomic E-state index is 0.147. The summed E-state index contributed by atoms with van der Waals surface area (Å²) in [5, 5.41) is 15.0. The average Bonchev–Trinajstić information content (AvgIpc) is 3.49. The zero-order valence-corrected chi connectivity index (χ0v) is 20.4. The molecule has 1 fully saturated rings. The first-order valence-corrected chi connectivity index (χ1v) is 12.4. The van der Waals surface area contributed by atoms with E-state index >= 15 is 0 Å². The van der Waals surface area contributed by atoms with Crippen LogP contribution >= 0.6 is 27.3 Å². The molecule has 0 spiro atoms. The first kappa shape index (κ1) is 22.0. The van der Waals surface area contributed by atoms with Crippen LogP contribution in [-0.2, 0) is 4.79 Å². The molecule has 0 aliphatic carbocycles. The zero-order valence-electron chi connectivity index (χ0n) is 18.0. The second-order valence-electron chi connectivity index (χ2n) is 8.16. The van der Waals surface area contributed by atoms with Gasteiger partial charge in [-0.25, -0.2) is 9.97 Å². The fraction of sp³-hybridized carbons (Fsp3) is 0.304. The number of nitrogens with zero attached hydrogens (tertiary/aromatic N) is 5. The Morgan fingerprint density at radius 1 is 1.24 bits per heavy atom. The normalized spacial score (nSPS) is 15.8. The summed E-state index contributed by atoms with van der Waals surface area (Å²) in [6, 6.07) is 10.1. The molecule has 1 saturated heterocycles. The van der Waals surface area contributed by atoms with Gasteiger partial charge in [-0.2, -0.15) is 9.61 Å². The topological polar surface area (TPSA) is 110 Å². The van der Waals surface area contributed by atoms with Gasteiger partial charge >= 0.3 is 0 Å². The molecule has 10 heteroatoms. The summed E-state index contributed by atoms with van der Waals surface area (Å²) >= 11 is 5.22. The lowest BCUT2D eigenvalue weighted by Crippen LogP contribution is -2.42. The van der Waals surface area contributed by atoms with E-state index in [0.717, 1.165) is 44.0 Å². The van der Waals surface area contributed by atoms with Gasteiger partial charge in [-0.15, -0.1) is 11.3 Å². The van der Waals surface area contributed by atoms with Crippen molar-refractivity contribution in [3.8, 4) is 21.0 Å². The number of hydrogen-bond donors (Lipinski definition) is 2. The lowest BCUT2D eigenvalue weighted by Gasteiger charge is -2.33. The molecule has 0 radical (unpaired) electrons. The molecular formula is C23H23BrN6O2S. The minimum Gasteiger partial charge on any atom is -0.384 e. The van der Waals surface area contributed by atoms with Crippen LogP contribution in [0.4, 0.5) is 5.82 Å². The third kappa shape index (κ3) is 4.03. The fourth-order valence-corrected chi connectivity index (χ4v) is 5.72. The van der Waals surface area contributed by atoms with Gasteiger partial charge in [-0.1, -0.05) is 30.3 Å². The van der Waals surface area contributed by atoms with Crippen molar-refractivity contribution >= 4 is 44.6 Å². The number of aromatic nitrogens is 4. The van der Waals surface area contributed by atoms with Gasteiger partial charge in [0.1, 0.15) is 16.9 Å². The fourth-order valence-electron chi connectivity index (χ4n) is 4.21. The lowest BCUT2D eigenvalue weighted by atomic mass is 9.93. The monoisotopic (exact) mass is 526 g/mol. The van der Waals surface area contributed by atoms with Crippen molar-refractivity contribution in [1.29, 1.82) is 0 Å². The largest absolute Gasteiger partial charge is 0.384 e. The zero-order chi connectivity index (χ0) is 23.1. The summed E-state index contributed by atoms with van der Waals surface area (Å²) in [4.78, 5) is 24.4. The number of anilines is 1. The van der Waals surface area contributed by atoms with Gasteiger partial charge in [0.05, 0.1) is 26.8 Å². The number of amides is 1. The van der Waals surface area contributed by atoms with Gasteiger partial charge in [0.15, 0.2) is 5.65 Å². The van der Waals surface area contributed by atoms with Crippen LogP contribution in [0.15, 0.2) is 47.2 Å². The standard InChI is InChI=1S/C23H23BrN6O2S/c1-13(31)23(32)29-9-7-14(8-10-29)19-18(24)20(25)30-21(28-19)16(11-27-30)17-12-26-22(33-17)15-5-3-2-4-6-15/h2-6,11-14,31H,7-10,25H2,1H3/t13-/m1/s1. The van der Waals surface area contributed by atoms with Gasteiger partial charge in [-0.3, -0.25) is 4.79 Å². The molecule has 1 aromatic carbocycles. The highest BCUT2D eigenvalue weighted by molar-refractivity contribution is 9.10. The van der Waals surface area contributed by atoms with E-state index in [1.54, 1.807) is 26.9 Å². The third-order valence-electron chi connectivity index (χ3n) is 5.99. The maximum atomic E-state index is 12.1. The molecule has 170 valence electrons. The van der Waals surface area contributed by atoms with E-state index in [-0.39, 0.29) is 11.8 Å². The molecule has 0 bridgehead atoms. The highest BCUT2D eigenvalue weighted by Gasteiger charge is 2.29. The van der Waals surface area contributed by atoms with E-state index in [2.05, 4.69) is 26.0 Å². The molecule has 0 unspecified atom stereocenters. The smallest absolute Gasteiger partial charge is 0.251 e.